The van der Waals surface area contributed by atoms with Crippen LogP contribution in [0, 0.1) is 0 Å². The first-order valence-electron chi connectivity index (χ1n) is 5.00. The highest BCUT2D eigenvalue weighted by Gasteiger charge is 2.15. The zero-order valence-corrected chi connectivity index (χ0v) is 10.9. The Morgan fingerprint density at radius 1 is 1.56 bits per heavy atom. The molecule has 16 heavy (non-hydrogen) atoms. The number of thiazole rings is 1. The van der Waals surface area contributed by atoms with E-state index in [0.717, 1.165) is 15.6 Å². The molecular weight excluding hydrogens is 240 g/mol. The minimum absolute atomic E-state index is 0.0105. The molecule has 2 heterocycles. The summed E-state index contributed by atoms with van der Waals surface area (Å²) in [5.74, 6) is 0. The second-order valence-electron chi connectivity index (χ2n) is 3.53. The molecule has 0 aromatic carbocycles. The fourth-order valence-corrected chi connectivity index (χ4v) is 3.28. The predicted octanol–water partition coefficient (Wildman–Crippen LogP) is 3.04. The van der Waals surface area contributed by atoms with Crippen molar-refractivity contribution in [2.75, 3.05) is 7.11 Å². The Kier molecular flexibility index (Phi) is 3.70. The molecule has 1 unspecified atom stereocenters. The van der Waals surface area contributed by atoms with E-state index in [2.05, 4.69) is 16.4 Å². The van der Waals surface area contributed by atoms with E-state index in [1.165, 1.54) is 4.88 Å². The summed E-state index contributed by atoms with van der Waals surface area (Å²) in [5, 5.41) is 3.09. The van der Waals surface area contributed by atoms with Gasteiger partial charge in [-0.05, 0) is 18.4 Å². The van der Waals surface area contributed by atoms with Gasteiger partial charge in [0.1, 0.15) is 5.01 Å². The molecule has 0 fully saturated rings. The quantitative estimate of drug-likeness (QED) is 0.912. The van der Waals surface area contributed by atoms with Crippen LogP contribution in [0.25, 0.3) is 9.88 Å². The molecule has 2 rings (SSSR count). The number of hydrogen-bond acceptors (Lipinski definition) is 5. The van der Waals surface area contributed by atoms with Gasteiger partial charge in [0.15, 0.2) is 0 Å². The lowest BCUT2D eigenvalue weighted by atomic mass is 10.2. The van der Waals surface area contributed by atoms with Gasteiger partial charge in [-0.3, -0.25) is 0 Å². The minimum atomic E-state index is 0.0105. The Bertz CT molecular complexity index is 449. The molecule has 5 heteroatoms. The van der Waals surface area contributed by atoms with Crippen molar-refractivity contribution in [2.45, 2.75) is 19.6 Å². The average molecular weight is 254 g/mol. The van der Waals surface area contributed by atoms with E-state index in [0.29, 0.717) is 6.61 Å². The van der Waals surface area contributed by atoms with Gasteiger partial charge in [0.2, 0.25) is 0 Å². The highest BCUT2D eigenvalue weighted by Crippen LogP contribution is 2.33. The van der Waals surface area contributed by atoms with Crippen LogP contribution in [0.2, 0.25) is 0 Å². The summed E-state index contributed by atoms with van der Waals surface area (Å²) in [6, 6.07) is 4.12. The van der Waals surface area contributed by atoms with Crippen molar-refractivity contribution >= 4 is 22.7 Å². The molecule has 0 bridgehead atoms. The maximum atomic E-state index is 5.93. The summed E-state index contributed by atoms with van der Waals surface area (Å²) in [4.78, 5) is 6.89. The van der Waals surface area contributed by atoms with E-state index in [9.17, 15) is 0 Å². The predicted molar refractivity (Wildman–Crippen MR) is 68.7 cm³/mol. The van der Waals surface area contributed by atoms with Gasteiger partial charge >= 0.3 is 0 Å². The van der Waals surface area contributed by atoms with E-state index in [-0.39, 0.29) is 6.04 Å². The third kappa shape index (κ3) is 2.32. The summed E-state index contributed by atoms with van der Waals surface area (Å²) < 4.78 is 5.14. The van der Waals surface area contributed by atoms with Crippen molar-refractivity contribution < 1.29 is 4.74 Å². The molecule has 1 atom stereocenters. The Morgan fingerprint density at radius 2 is 2.38 bits per heavy atom. The van der Waals surface area contributed by atoms with Gasteiger partial charge in [0.05, 0.1) is 17.2 Å². The number of thiophene rings is 1. The zero-order valence-electron chi connectivity index (χ0n) is 9.27. The van der Waals surface area contributed by atoms with Crippen LogP contribution < -0.4 is 5.73 Å². The number of nitrogens with two attached hydrogens (primary N) is 1. The van der Waals surface area contributed by atoms with Gasteiger partial charge in [-0.2, -0.15) is 0 Å². The van der Waals surface area contributed by atoms with E-state index in [1.807, 2.05) is 13.0 Å². The van der Waals surface area contributed by atoms with Crippen LogP contribution in [-0.2, 0) is 11.3 Å². The minimum Gasteiger partial charge on any atom is -0.378 e. The second-order valence-corrected chi connectivity index (χ2v) is 5.51. The largest absolute Gasteiger partial charge is 0.378 e. The Hall–Kier alpha value is -0.750. The SMILES string of the molecule is COCc1nc(-c2cccs2)sc1C(C)N. The summed E-state index contributed by atoms with van der Waals surface area (Å²) >= 11 is 3.35. The van der Waals surface area contributed by atoms with Crippen LogP contribution in [0.15, 0.2) is 17.5 Å². The van der Waals surface area contributed by atoms with Crippen LogP contribution in [-0.4, -0.2) is 12.1 Å². The highest BCUT2D eigenvalue weighted by molar-refractivity contribution is 7.21. The van der Waals surface area contributed by atoms with Gasteiger partial charge < -0.3 is 10.5 Å². The summed E-state index contributed by atoms with van der Waals surface area (Å²) in [5.41, 5.74) is 6.89. The molecule has 0 aliphatic rings. The Balaban J connectivity index is 2.38. The molecule has 0 aliphatic heterocycles. The molecule has 3 nitrogen and oxygen atoms in total. The van der Waals surface area contributed by atoms with E-state index in [1.54, 1.807) is 29.8 Å². The molecule has 0 saturated heterocycles. The van der Waals surface area contributed by atoms with Gasteiger partial charge in [-0.1, -0.05) is 6.07 Å². The first kappa shape index (κ1) is 11.7. The molecule has 0 amide bonds. The topological polar surface area (TPSA) is 48.1 Å². The molecule has 0 saturated carbocycles. The lowest BCUT2D eigenvalue weighted by Crippen LogP contribution is -2.06. The van der Waals surface area contributed by atoms with Crippen molar-refractivity contribution in [1.82, 2.24) is 4.98 Å². The van der Waals surface area contributed by atoms with Crippen molar-refractivity contribution in [3.05, 3.63) is 28.1 Å². The standard InChI is InChI=1S/C11H14N2OS2/c1-7(12)10-8(6-14-2)13-11(16-10)9-4-3-5-15-9/h3-5,7H,6,12H2,1-2H3. The first-order valence-corrected chi connectivity index (χ1v) is 6.70. The molecule has 0 radical (unpaired) electrons. The fraction of sp³-hybridized carbons (Fsp3) is 0.364. The summed E-state index contributed by atoms with van der Waals surface area (Å²) in [6.07, 6.45) is 0. The zero-order chi connectivity index (χ0) is 11.5. The average Bonchev–Trinajstić information content (AvgIpc) is 2.83. The molecule has 0 spiro atoms. The van der Waals surface area contributed by atoms with Crippen LogP contribution in [0.3, 0.4) is 0 Å². The molecule has 2 N–H and O–H groups in total. The second kappa shape index (κ2) is 5.05. The van der Waals surface area contributed by atoms with Crippen LogP contribution in [0.4, 0.5) is 0 Å². The normalized spacial score (nSPS) is 12.9. The highest BCUT2D eigenvalue weighted by atomic mass is 32.1. The first-order chi connectivity index (χ1) is 7.72. The molecule has 2 aromatic heterocycles. The van der Waals surface area contributed by atoms with Gasteiger partial charge in [-0.25, -0.2) is 4.98 Å². The van der Waals surface area contributed by atoms with E-state index in [4.69, 9.17) is 10.5 Å². The fourth-order valence-electron chi connectivity index (χ4n) is 1.47. The van der Waals surface area contributed by atoms with Crippen molar-refractivity contribution in [1.29, 1.82) is 0 Å². The van der Waals surface area contributed by atoms with Crippen LogP contribution in [0.1, 0.15) is 23.5 Å². The van der Waals surface area contributed by atoms with Gasteiger partial charge in [-0.15, -0.1) is 22.7 Å². The Labute approximate surface area is 103 Å². The molecule has 86 valence electrons. The molecule has 2 aromatic rings. The number of rotatable bonds is 4. The number of methoxy groups -OCH3 is 1. The maximum Gasteiger partial charge on any atom is 0.134 e. The number of ether oxygens (including phenoxy) is 1. The van der Waals surface area contributed by atoms with Crippen LogP contribution >= 0.6 is 22.7 Å². The molecular formula is C11H14N2OS2. The number of aromatic nitrogens is 1. The summed E-state index contributed by atoms with van der Waals surface area (Å²) in [6.45, 7) is 2.50. The third-order valence-electron chi connectivity index (χ3n) is 2.15. The monoisotopic (exact) mass is 254 g/mol. The van der Waals surface area contributed by atoms with E-state index >= 15 is 0 Å². The smallest absolute Gasteiger partial charge is 0.134 e. The van der Waals surface area contributed by atoms with Crippen molar-refractivity contribution in [3.8, 4) is 9.88 Å². The van der Waals surface area contributed by atoms with Crippen molar-refractivity contribution in [3.63, 3.8) is 0 Å². The van der Waals surface area contributed by atoms with Crippen molar-refractivity contribution in [2.24, 2.45) is 5.73 Å². The van der Waals surface area contributed by atoms with E-state index < -0.39 is 0 Å². The number of hydrogen-bond donors (Lipinski definition) is 1. The Morgan fingerprint density at radius 3 is 2.94 bits per heavy atom. The maximum absolute atomic E-state index is 5.93. The third-order valence-corrected chi connectivity index (χ3v) is 4.49. The lowest BCUT2D eigenvalue weighted by molar-refractivity contribution is 0.181. The lowest BCUT2D eigenvalue weighted by Gasteiger charge is -2.03. The van der Waals surface area contributed by atoms with Gasteiger partial charge in [0.25, 0.3) is 0 Å². The number of nitrogens with zero attached hydrogens (tertiary/aromatic N) is 1. The molecule has 0 aliphatic carbocycles. The summed E-state index contributed by atoms with van der Waals surface area (Å²) in [7, 11) is 1.68. The van der Waals surface area contributed by atoms with Gasteiger partial charge in [0, 0.05) is 18.0 Å². The van der Waals surface area contributed by atoms with Crippen LogP contribution in [0.5, 0.6) is 0 Å².